The average Bonchev–Trinajstić information content (AvgIpc) is 1.78. The fourth-order valence-electron chi connectivity index (χ4n) is 1.89. The Bertz CT molecular complexity index is 189. The first kappa shape index (κ1) is 13.5. The van der Waals surface area contributed by atoms with Gasteiger partial charge in [0.1, 0.15) is 0 Å². The lowest BCUT2D eigenvalue weighted by molar-refractivity contribution is 0.287. The van der Waals surface area contributed by atoms with Crippen LogP contribution in [0.2, 0.25) is 0 Å². The minimum atomic E-state index is 0.0200. The van der Waals surface area contributed by atoms with E-state index in [4.69, 9.17) is 4.99 Å². The van der Waals surface area contributed by atoms with Gasteiger partial charge >= 0.3 is 0 Å². The monoisotopic (exact) mass is 198 g/mol. The van der Waals surface area contributed by atoms with E-state index >= 15 is 0 Å². The molecule has 0 saturated carbocycles. The van der Waals surface area contributed by atoms with Crippen LogP contribution in [0.5, 0.6) is 0 Å². The maximum Gasteiger partial charge on any atom is 0.0968 e. The third-order valence-corrected chi connectivity index (χ3v) is 1.98. The molecule has 0 aromatic rings. The molecule has 0 N–H and O–H groups in total. The zero-order valence-corrected chi connectivity index (χ0v) is 11.0. The molecular weight excluding hydrogens is 172 g/mol. The predicted octanol–water partition coefficient (Wildman–Crippen LogP) is 3.32. The second-order valence-electron chi connectivity index (χ2n) is 5.42. The first-order valence-corrected chi connectivity index (χ1v) is 5.50. The summed E-state index contributed by atoms with van der Waals surface area (Å²) in [6.45, 7) is 17.3. The van der Waals surface area contributed by atoms with Crippen molar-refractivity contribution in [1.29, 1.82) is 0 Å². The highest BCUT2D eigenvalue weighted by molar-refractivity contribution is 5.80. The van der Waals surface area contributed by atoms with Crippen LogP contribution < -0.4 is 0 Å². The van der Waals surface area contributed by atoms with Gasteiger partial charge in [-0.2, -0.15) is 0 Å². The summed E-state index contributed by atoms with van der Waals surface area (Å²) in [5.74, 6) is 1.14. The van der Waals surface area contributed by atoms with Gasteiger partial charge in [-0.05, 0) is 55.4 Å². The third kappa shape index (κ3) is 4.64. The van der Waals surface area contributed by atoms with E-state index in [0.29, 0.717) is 12.1 Å². The summed E-state index contributed by atoms with van der Waals surface area (Å²) in [4.78, 5) is 7.05. The van der Waals surface area contributed by atoms with Crippen LogP contribution in [0.15, 0.2) is 4.99 Å². The van der Waals surface area contributed by atoms with Crippen LogP contribution in [0, 0.1) is 0 Å². The molecule has 0 aliphatic heterocycles. The first-order chi connectivity index (χ1) is 6.15. The Labute approximate surface area is 89.4 Å². The molecule has 0 spiro atoms. The van der Waals surface area contributed by atoms with E-state index in [1.165, 1.54) is 0 Å². The van der Waals surface area contributed by atoms with Crippen molar-refractivity contribution in [2.45, 2.75) is 73.0 Å². The highest BCUT2D eigenvalue weighted by atomic mass is 15.2. The minimum absolute atomic E-state index is 0.0200. The maximum atomic E-state index is 4.69. The summed E-state index contributed by atoms with van der Waals surface area (Å²) in [5.41, 5.74) is 0.0200. The number of amidine groups is 1. The molecule has 14 heavy (non-hydrogen) atoms. The van der Waals surface area contributed by atoms with Gasteiger partial charge in [-0.1, -0.05) is 0 Å². The SMILES string of the molecule is C/C(=N\C(C)(C)C)N(C(C)C)C(C)C. The summed E-state index contributed by atoms with van der Waals surface area (Å²) < 4.78 is 0. The summed E-state index contributed by atoms with van der Waals surface area (Å²) >= 11 is 0. The molecule has 0 atom stereocenters. The van der Waals surface area contributed by atoms with Gasteiger partial charge in [0.05, 0.1) is 11.4 Å². The second kappa shape index (κ2) is 4.81. The molecule has 0 radical (unpaired) electrons. The molecule has 2 nitrogen and oxygen atoms in total. The van der Waals surface area contributed by atoms with Crippen LogP contribution in [-0.2, 0) is 0 Å². The molecule has 0 aromatic heterocycles. The van der Waals surface area contributed by atoms with Crippen molar-refractivity contribution in [3.8, 4) is 0 Å². The summed E-state index contributed by atoms with van der Waals surface area (Å²) in [5, 5.41) is 0. The molecule has 0 heterocycles. The van der Waals surface area contributed by atoms with Crippen molar-refractivity contribution in [3.05, 3.63) is 0 Å². The Morgan fingerprint density at radius 3 is 1.57 bits per heavy atom. The Kier molecular flexibility index (Phi) is 4.63. The molecular formula is C12H26N2. The van der Waals surface area contributed by atoms with Crippen molar-refractivity contribution in [2.24, 2.45) is 4.99 Å². The molecule has 0 aromatic carbocycles. The maximum absolute atomic E-state index is 4.69. The second-order valence-corrected chi connectivity index (χ2v) is 5.42. The van der Waals surface area contributed by atoms with E-state index in [1.807, 2.05) is 0 Å². The molecule has 0 rings (SSSR count). The highest BCUT2D eigenvalue weighted by Crippen LogP contribution is 2.12. The van der Waals surface area contributed by atoms with Gasteiger partial charge in [-0.15, -0.1) is 0 Å². The molecule has 0 amide bonds. The van der Waals surface area contributed by atoms with E-state index < -0.39 is 0 Å². The van der Waals surface area contributed by atoms with Gasteiger partial charge in [0.25, 0.3) is 0 Å². The van der Waals surface area contributed by atoms with Crippen LogP contribution in [0.4, 0.5) is 0 Å². The highest BCUT2D eigenvalue weighted by Gasteiger charge is 2.17. The number of hydrogen-bond donors (Lipinski definition) is 0. The predicted molar refractivity (Wildman–Crippen MR) is 65.0 cm³/mol. The Morgan fingerprint density at radius 2 is 1.36 bits per heavy atom. The first-order valence-electron chi connectivity index (χ1n) is 5.50. The van der Waals surface area contributed by atoms with Gasteiger partial charge in [0.2, 0.25) is 0 Å². The Hall–Kier alpha value is -0.530. The fraction of sp³-hybridized carbons (Fsp3) is 0.917. The Balaban J connectivity index is 4.77. The molecule has 0 aliphatic rings. The van der Waals surface area contributed by atoms with Crippen LogP contribution in [0.25, 0.3) is 0 Å². The van der Waals surface area contributed by atoms with Gasteiger partial charge in [-0.25, -0.2) is 0 Å². The lowest BCUT2D eigenvalue weighted by Crippen LogP contribution is -2.41. The molecule has 0 fully saturated rings. The van der Waals surface area contributed by atoms with Crippen molar-refractivity contribution in [1.82, 2.24) is 4.90 Å². The van der Waals surface area contributed by atoms with Crippen molar-refractivity contribution < 1.29 is 0 Å². The quantitative estimate of drug-likeness (QED) is 0.491. The van der Waals surface area contributed by atoms with E-state index in [-0.39, 0.29) is 5.54 Å². The standard InChI is InChI=1S/C12H26N2/c1-9(2)14(10(3)4)11(5)13-12(6,7)8/h9-10H,1-8H3/b13-11+. The third-order valence-electron chi connectivity index (χ3n) is 1.98. The van der Waals surface area contributed by atoms with Gasteiger partial charge in [-0.3, -0.25) is 4.99 Å². The van der Waals surface area contributed by atoms with E-state index in [2.05, 4.69) is 60.3 Å². The molecule has 0 bridgehead atoms. The van der Waals surface area contributed by atoms with E-state index in [0.717, 1.165) is 5.84 Å². The molecule has 84 valence electrons. The lowest BCUT2D eigenvalue weighted by atomic mass is 10.1. The zero-order chi connectivity index (χ0) is 11.5. The van der Waals surface area contributed by atoms with E-state index in [9.17, 15) is 0 Å². The van der Waals surface area contributed by atoms with Crippen LogP contribution in [-0.4, -0.2) is 28.4 Å². The van der Waals surface area contributed by atoms with Gasteiger partial charge < -0.3 is 4.90 Å². The van der Waals surface area contributed by atoms with Crippen LogP contribution in [0.1, 0.15) is 55.4 Å². The van der Waals surface area contributed by atoms with Crippen LogP contribution in [0.3, 0.4) is 0 Å². The van der Waals surface area contributed by atoms with Crippen LogP contribution >= 0.6 is 0 Å². The summed E-state index contributed by atoms with van der Waals surface area (Å²) in [7, 11) is 0. The van der Waals surface area contributed by atoms with E-state index in [1.54, 1.807) is 0 Å². The lowest BCUT2D eigenvalue weighted by Gasteiger charge is -2.34. The number of nitrogens with zero attached hydrogens (tertiary/aromatic N) is 2. The molecule has 2 heteroatoms. The zero-order valence-electron chi connectivity index (χ0n) is 11.0. The summed E-state index contributed by atoms with van der Waals surface area (Å²) in [6.07, 6.45) is 0. The average molecular weight is 198 g/mol. The van der Waals surface area contributed by atoms with Crippen molar-refractivity contribution in [2.75, 3.05) is 0 Å². The van der Waals surface area contributed by atoms with Crippen molar-refractivity contribution >= 4 is 5.84 Å². The summed E-state index contributed by atoms with van der Waals surface area (Å²) in [6, 6.07) is 1.03. The number of rotatable bonds is 2. The van der Waals surface area contributed by atoms with Crippen molar-refractivity contribution in [3.63, 3.8) is 0 Å². The smallest absolute Gasteiger partial charge is 0.0968 e. The minimum Gasteiger partial charge on any atom is -0.356 e. The topological polar surface area (TPSA) is 15.6 Å². The normalized spacial score (nSPS) is 14.0. The largest absolute Gasteiger partial charge is 0.356 e. The van der Waals surface area contributed by atoms with Gasteiger partial charge in [0, 0.05) is 12.1 Å². The fourth-order valence-corrected chi connectivity index (χ4v) is 1.89. The number of aliphatic imine (C=N–C) groups is 1. The molecule has 0 saturated heterocycles. The van der Waals surface area contributed by atoms with Gasteiger partial charge in [0.15, 0.2) is 0 Å². The Morgan fingerprint density at radius 1 is 1.00 bits per heavy atom. The molecule has 0 aliphatic carbocycles. The number of hydrogen-bond acceptors (Lipinski definition) is 1. The molecule has 0 unspecified atom stereocenters.